The number of H-pyrrole nitrogens is 1. The third kappa shape index (κ3) is 3.07. The molecule has 1 aliphatic carbocycles. The van der Waals surface area contributed by atoms with E-state index in [-0.39, 0.29) is 5.91 Å². The summed E-state index contributed by atoms with van der Waals surface area (Å²) < 4.78 is 0. The Bertz CT molecular complexity index is 940. The van der Waals surface area contributed by atoms with E-state index < -0.39 is 0 Å². The Hall–Kier alpha value is -2.89. The number of hydrogen-bond acceptors (Lipinski definition) is 4. The summed E-state index contributed by atoms with van der Waals surface area (Å²) in [6.07, 6.45) is 4.61. The largest absolute Gasteiger partial charge is 0.358 e. The van der Waals surface area contributed by atoms with Gasteiger partial charge in [-0.3, -0.25) is 15.6 Å². The molecule has 0 bridgehead atoms. The molecular weight excluding hydrogens is 314 g/mol. The molecule has 2 aromatic heterocycles. The van der Waals surface area contributed by atoms with Crippen molar-refractivity contribution in [3.05, 3.63) is 52.5 Å². The second kappa shape index (κ2) is 6.20. The zero-order valence-electron chi connectivity index (χ0n) is 14.4. The van der Waals surface area contributed by atoms with Crippen molar-refractivity contribution in [2.45, 2.75) is 39.5 Å². The van der Waals surface area contributed by atoms with E-state index in [4.69, 9.17) is 0 Å². The van der Waals surface area contributed by atoms with Gasteiger partial charge in [0.15, 0.2) is 0 Å². The quantitative estimate of drug-likeness (QED) is 0.642. The van der Waals surface area contributed by atoms with Gasteiger partial charge in [-0.25, -0.2) is 9.97 Å². The summed E-state index contributed by atoms with van der Waals surface area (Å²) in [6.45, 7) is 3.79. The van der Waals surface area contributed by atoms with Gasteiger partial charge in [0.05, 0.1) is 0 Å². The van der Waals surface area contributed by atoms with E-state index in [1.54, 1.807) is 0 Å². The third-order valence-corrected chi connectivity index (χ3v) is 4.63. The van der Waals surface area contributed by atoms with Crippen LogP contribution in [0.15, 0.2) is 24.3 Å². The first-order valence-electron chi connectivity index (χ1n) is 8.62. The lowest BCUT2D eigenvalue weighted by Crippen LogP contribution is -2.30. The Morgan fingerprint density at radius 2 is 1.84 bits per heavy atom. The second-order valence-corrected chi connectivity index (χ2v) is 6.60. The maximum Gasteiger partial charge on any atom is 0.269 e. The predicted octanol–water partition coefficient (Wildman–Crippen LogP) is 3.21. The van der Waals surface area contributed by atoms with E-state index in [0.29, 0.717) is 11.5 Å². The van der Waals surface area contributed by atoms with Crippen molar-refractivity contribution in [3.8, 4) is 0 Å². The molecule has 0 spiro atoms. The topological polar surface area (TPSA) is 82.7 Å². The molecule has 1 aliphatic rings. The number of rotatable bonds is 3. The standard InChI is InChI=1S/C19H21N5O/c1-11-9-12(2)21-19(20-11)24-23-18(25)13-7-8-17-15(10-13)14-5-3-4-6-16(14)22-17/h7-10,22H,3-6H2,1-2H3,(H,23,25)(H,20,21,24). The summed E-state index contributed by atoms with van der Waals surface area (Å²) in [4.78, 5) is 24.5. The number of amides is 1. The first-order chi connectivity index (χ1) is 12.1. The van der Waals surface area contributed by atoms with Crippen molar-refractivity contribution in [1.82, 2.24) is 20.4 Å². The molecule has 0 aliphatic heterocycles. The van der Waals surface area contributed by atoms with Gasteiger partial charge < -0.3 is 4.98 Å². The fraction of sp³-hybridized carbons (Fsp3) is 0.316. The summed E-state index contributed by atoms with van der Waals surface area (Å²) >= 11 is 0. The Morgan fingerprint density at radius 3 is 2.64 bits per heavy atom. The number of nitrogens with zero attached hydrogens (tertiary/aromatic N) is 2. The number of carbonyl (C=O) groups is 1. The molecule has 128 valence electrons. The average molecular weight is 335 g/mol. The number of fused-ring (bicyclic) bond motifs is 3. The minimum absolute atomic E-state index is 0.199. The number of hydrogen-bond donors (Lipinski definition) is 3. The summed E-state index contributed by atoms with van der Waals surface area (Å²) in [5, 5.41) is 1.16. The number of nitrogens with one attached hydrogen (secondary N) is 3. The fourth-order valence-corrected chi connectivity index (χ4v) is 3.51. The second-order valence-electron chi connectivity index (χ2n) is 6.60. The van der Waals surface area contributed by atoms with Crippen molar-refractivity contribution in [2.24, 2.45) is 0 Å². The molecule has 6 nitrogen and oxygen atoms in total. The van der Waals surface area contributed by atoms with Crippen LogP contribution in [0, 0.1) is 13.8 Å². The van der Waals surface area contributed by atoms with E-state index in [0.717, 1.165) is 35.1 Å². The summed E-state index contributed by atoms with van der Waals surface area (Å²) in [5.41, 5.74) is 11.6. The van der Waals surface area contributed by atoms with Gasteiger partial charge in [0.1, 0.15) is 0 Å². The highest BCUT2D eigenvalue weighted by atomic mass is 16.2. The van der Waals surface area contributed by atoms with Crippen LogP contribution in [0.4, 0.5) is 5.95 Å². The molecule has 25 heavy (non-hydrogen) atoms. The lowest BCUT2D eigenvalue weighted by atomic mass is 9.95. The van der Waals surface area contributed by atoms with Gasteiger partial charge in [-0.15, -0.1) is 0 Å². The molecule has 6 heteroatoms. The normalized spacial score (nSPS) is 13.5. The van der Waals surface area contributed by atoms with Crippen LogP contribution in [-0.4, -0.2) is 20.9 Å². The monoisotopic (exact) mass is 335 g/mol. The summed E-state index contributed by atoms with van der Waals surface area (Å²) in [6, 6.07) is 7.67. The molecule has 1 amide bonds. The highest BCUT2D eigenvalue weighted by molar-refractivity contribution is 5.99. The predicted molar refractivity (Wildman–Crippen MR) is 97.5 cm³/mol. The van der Waals surface area contributed by atoms with Crippen molar-refractivity contribution < 1.29 is 4.79 Å². The number of anilines is 1. The Labute approximate surface area is 146 Å². The molecule has 0 fully saturated rings. The lowest BCUT2D eigenvalue weighted by Gasteiger charge is -2.11. The zero-order chi connectivity index (χ0) is 17.4. The highest BCUT2D eigenvalue weighted by Crippen LogP contribution is 2.29. The first-order valence-corrected chi connectivity index (χ1v) is 8.62. The highest BCUT2D eigenvalue weighted by Gasteiger charge is 2.16. The number of aryl methyl sites for hydroxylation is 4. The molecule has 4 rings (SSSR count). The lowest BCUT2D eigenvalue weighted by molar-refractivity contribution is 0.0962. The molecule has 0 atom stereocenters. The van der Waals surface area contributed by atoms with Gasteiger partial charge in [0, 0.05) is 33.5 Å². The zero-order valence-corrected chi connectivity index (χ0v) is 14.4. The number of hydrazine groups is 1. The Morgan fingerprint density at radius 1 is 1.08 bits per heavy atom. The average Bonchev–Trinajstić information content (AvgIpc) is 2.96. The SMILES string of the molecule is Cc1cc(C)nc(NNC(=O)c2ccc3[nH]c4c(c3c2)CCCC4)n1. The number of aromatic amines is 1. The van der Waals surface area contributed by atoms with E-state index in [1.165, 1.54) is 24.1 Å². The van der Waals surface area contributed by atoms with Crippen LogP contribution >= 0.6 is 0 Å². The van der Waals surface area contributed by atoms with Gasteiger partial charge in [0.25, 0.3) is 5.91 Å². The van der Waals surface area contributed by atoms with Crippen molar-refractivity contribution in [1.29, 1.82) is 0 Å². The molecule has 0 saturated carbocycles. The molecule has 1 aromatic carbocycles. The van der Waals surface area contributed by atoms with E-state index >= 15 is 0 Å². The van der Waals surface area contributed by atoms with Crippen molar-refractivity contribution >= 4 is 22.8 Å². The van der Waals surface area contributed by atoms with Crippen LogP contribution < -0.4 is 10.9 Å². The van der Waals surface area contributed by atoms with Gasteiger partial charge in [-0.2, -0.15) is 0 Å². The van der Waals surface area contributed by atoms with Crippen LogP contribution in [0.25, 0.3) is 10.9 Å². The molecule has 0 saturated heterocycles. The third-order valence-electron chi connectivity index (χ3n) is 4.63. The molecule has 3 aromatic rings. The maximum absolute atomic E-state index is 12.5. The Kier molecular flexibility index (Phi) is 3.87. The summed E-state index contributed by atoms with van der Waals surface area (Å²) in [7, 11) is 0. The molecule has 0 unspecified atom stereocenters. The van der Waals surface area contributed by atoms with Crippen molar-refractivity contribution in [2.75, 3.05) is 5.43 Å². The molecule has 3 N–H and O–H groups in total. The van der Waals surface area contributed by atoms with Gasteiger partial charge >= 0.3 is 0 Å². The molecule has 0 radical (unpaired) electrons. The van der Waals surface area contributed by atoms with E-state index in [9.17, 15) is 4.79 Å². The van der Waals surface area contributed by atoms with Crippen LogP contribution in [0.1, 0.15) is 45.8 Å². The minimum atomic E-state index is -0.199. The van der Waals surface area contributed by atoms with E-state index in [2.05, 4.69) is 25.8 Å². The molecule has 2 heterocycles. The smallest absolute Gasteiger partial charge is 0.269 e. The van der Waals surface area contributed by atoms with Gasteiger partial charge in [-0.05, 0) is 69.4 Å². The van der Waals surface area contributed by atoms with Crippen LogP contribution in [0.3, 0.4) is 0 Å². The van der Waals surface area contributed by atoms with Crippen LogP contribution in [0.2, 0.25) is 0 Å². The first kappa shape index (κ1) is 15.6. The minimum Gasteiger partial charge on any atom is -0.358 e. The number of aromatic nitrogens is 3. The van der Waals surface area contributed by atoms with Gasteiger partial charge in [-0.1, -0.05) is 0 Å². The maximum atomic E-state index is 12.5. The number of carbonyl (C=O) groups excluding carboxylic acids is 1. The van der Waals surface area contributed by atoms with Crippen LogP contribution in [0.5, 0.6) is 0 Å². The Balaban J connectivity index is 1.55. The fourth-order valence-electron chi connectivity index (χ4n) is 3.51. The molecular formula is C19H21N5O. The summed E-state index contributed by atoms with van der Waals surface area (Å²) in [5.74, 6) is 0.196. The van der Waals surface area contributed by atoms with Crippen molar-refractivity contribution in [3.63, 3.8) is 0 Å². The van der Waals surface area contributed by atoms with Crippen LogP contribution in [-0.2, 0) is 12.8 Å². The number of benzene rings is 1. The van der Waals surface area contributed by atoms with Gasteiger partial charge in [0.2, 0.25) is 5.95 Å². The van der Waals surface area contributed by atoms with E-state index in [1.807, 2.05) is 38.1 Å².